The fraction of sp³-hybridized carbons (Fsp3) is 0.765. The van der Waals surface area contributed by atoms with Gasteiger partial charge in [-0.15, -0.1) is 11.3 Å². The molecule has 0 saturated carbocycles. The predicted octanol–water partition coefficient (Wildman–Crippen LogP) is 1.52. The molecule has 0 radical (unpaired) electrons. The van der Waals surface area contributed by atoms with Gasteiger partial charge in [0.05, 0.1) is 25.9 Å². The SMILES string of the molecule is O=C1CCCN1C[C@H]1CC[C@@]2(COCCN(Cc3nccs3)C2)O1. The van der Waals surface area contributed by atoms with Crippen molar-refractivity contribution in [2.75, 3.05) is 39.4 Å². The second kappa shape index (κ2) is 7.07. The van der Waals surface area contributed by atoms with E-state index in [4.69, 9.17) is 9.47 Å². The van der Waals surface area contributed by atoms with Crippen molar-refractivity contribution in [3.63, 3.8) is 0 Å². The highest BCUT2D eigenvalue weighted by Crippen LogP contribution is 2.34. The van der Waals surface area contributed by atoms with E-state index in [2.05, 4.69) is 9.88 Å². The van der Waals surface area contributed by atoms with Gasteiger partial charge in [-0.2, -0.15) is 0 Å². The fourth-order valence-corrected chi connectivity index (χ4v) is 4.69. The molecule has 4 heterocycles. The van der Waals surface area contributed by atoms with Crippen LogP contribution in [0.4, 0.5) is 0 Å². The molecule has 0 N–H and O–H groups in total. The third kappa shape index (κ3) is 3.64. The molecule has 7 heteroatoms. The van der Waals surface area contributed by atoms with Crippen LogP contribution < -0.4 is 0 Å². The van der Waals surface area contributed by atoms with E-state index >= 15 is 0 Å². The van der Waals surface area contributed by atoms with Crippen LogP contribution >= 0.6 is 11.3 Å². The van der Waals surface area contributed by atoms with Gasteiger partial charge in [0.15, 0.2) is 0 Å². The molecule has 3 saturated heterocycles. The van der Waals surface area contributed by atoms with Gasteiger partial charge in [0.1, 0.15) is 10.6 Å². The van der Waals surface area contributed by atoms with Gasteiger partial charge >= 0.3 is 0 Å². The maximum absolute atomic E-state index is 11.8. The van der Waals surface area contributed by atoms with Crippen molar-refractivity contribution in [2.24, 2.45) is 0 Å². The number of hydrogen-bond acceptors (Lipinski definition) is 6. The van der Waals surface area contributed by atoms with E-state index in [9.17, 15) is 4.79 Å². The van der Waals surface area contributed by atoms with Crippen LogP contribution in [0.15, 0.2) is 11.6 Å². The van der Waals surface area contributed by atoms with E-state index in [0.717, 1.165) is 63.6 Å². The highest BCUT2D eigenvalue weighted by atomic mass is 32.1. The van der Waals surface area contributed by atoms with Gasteiger partial charge in [0, 0.05) is 44.2 Å². The van der Waals surface area contributed by atoms with E-state index in [1.807, 2.05) is 16.5 Å². The van der Waals surface area contributed by atoms with Crippen molar-refractivity contribution in [3.8, 4) is 0 Å². The summed E-state index contributed by atoms with van der Waals surface area (Å²) >= 11 is 1.70. The number of nitrogens with zero attached hydrogens (tertiary/aromatic N) is 3. The minimum atomic E-state index is -0.221. The van der Waals surface area contributed by atoms with E-state index in [-0.39, 0.29) is 17.6 Å². The van der Waals surface area contributed by atoms with Crippen LogP contribution in [0.1, 0.15) is 30.7 Å². The Balaban J connectivity index is 1.37. The van der Waals surface area contributed by atoms with Crippen molar-refractivity contribution in [1.29, 1.82) is 0 Å². The van der Waals surface area contributed by atoms with Crippen LogP contribution in [-0.2, 0) is 20.8 Å². The zero-order chi connectivity index (χ0) is 16.4. The third-order valence-corrected chi connectivity index (χ3v) is 5.97. The summed E-state index contributed by atoms with van der Waals surface area (Å²) in [5, 5.41) is 3.17. The van der Waals surface area contributed by atoms with Crippen LogP contribution in [-0.4, -0.2) is 71.8 Å². The molecular weight excluding hydrogens is 326 g/mol. The van der Waals surface area contributed by atoms with Crippen LogP contribution in [0.5, 0.6) is 0 Å². The molecule has 24 heavy (non-hydrogen) atoms. The van der Waals surface area contributed by atoms with Crippen molar-refractivity contribution < 1.29 is 14.3 Å². The highest BCUT2D eigenvalue weighted by Gasteiger charge is 2.44. The summed E-state index contributed by atoms with van der Waals surface area (Å²) in [4.78, 5) is 20.6. The Kier molecular flexibility index (Phi) is 4.85. The van der Waals surface area contributed by atoms with E-state index in [1.165, 1.54) is 0 Å². The van der Waals surface area contributed by atoms with Gasteiger partial charge in [-0.1, -0.05) is 0 Å². The normalized spacial score (nSPS) is 31.9. The van der Waals surface area contributed by atoms with Crippen LogP contribution in [0.25, 0.3) is 0 Å². The predicted molar refractivity (Wildman–Crippen MR) is 90.9 cm³/mol. The molecule has 4 rings (SSSR count). The average molecular weight is 351 g/mol. The summed E-state index contributed by atoms with van der Waals surface area (Å²) < 4.78 is 12.3. The molecule has 1 amide bonds. The topological polar surface area (TPSA) is 54.9 Å². The first-order chi connectivity index (χ1) is 11.7. The maximum atomic E-state index is 11.8. The van der Waals surface area contributed by atoms with Gasteiger partial charge in [-0.3, -0.25) is 9.69 Å². The molecule has 3 aliphatic heterocycles. The molecule has 1 aromatic heterocycles. The van der Waals surface area contributed by atoms with Gasteiger partial charge < -0.3 is 14.4 Å². The van der Waals surface area contributed by atoms with Gasteiger partial charge in [-0.05, 0) is 19.3 Å². The van der Waals surface area contributed by atoms with Gasteiger partial charge in [0.25, 0.3) is 0 Å². The summed E-state index contributed by atoms with van der Waals surface area (Å²) in [5.41, 5.74) is -0.221. The first-order valence-corrected chi connectivity index (χ1v) is 9.74. The number of hydrogen-bond donors (Lipinski definition) is 0. The minimum Gasteiger partial charge on any atom is -0.377 e. The Hall–Kier alpha value is -1.02. The molecule has 1 aromatic rings. The summed E-state index contributed by atoms with van der Waals surface area (Å²) in [5.74, 6) is 0.280. The largest absolute Gasteiger partial charge is 0.377 e. The monoisotopic (exact) mass is 351 g/mol. The Morgan fingerprint density at radius 3 is 3.17 bits per heavy atom. The molecule has 132 valence electrons. The molecule has 0 aliphatic carbocycles. The van der Waals surface area contributed by atoms with Crippen molar-refractivity contribution in [1.82, 2.24) is 14.8 Å². The number of carbonyl (C=O) groups is 1. The van der Waals surface area contributed by atoms with Crippen LogP contribution in [0.3, 0.4) is 0 Å². The van der Waals surface area contributed by atoms with Crippen LogP contribution in [0, 0.1) is 0 Å². The van der Waals surface area contributed by atoms with E-state index in [0.29, 0.717) is 13.0 Å². The van der Waals surface area contributed by atoms with Crippen molar-refractivity contribution >= 4 is 17.2 Å². The maximum Gasteiger partial charge on any atom is 0.222 e. The van der Waals surface area contributed by atoms with Gasteiger partial charge in [0.2, 0.25) is 5.91 Å². The molecule has 0 aromatic carbocycles. The van der Waals surface area contributed by atoms with Crippen molar-refractivity contribution in [2.45, 2.75) is 43.9 Å². The molecule has 1 spiro atoms. The van der Waals surface area contributed by atoms with Crippen LogP contribution in [0.2, 0.25) is 0 Å². The van der Waals surface area contributed by atoms with Crippen molar-refractivity contribution in [3.05, 3.63) is 16.6 Å². The smallest absolute Gasteiger partial charge is 0.222 e. The fourth-order valence-electron chi connectivity index (χ4n) is 4.03. The van der Waals surface area contributed by atoms with Gasteiger partial charge in [-0.25, -0.2) is 4.98 Å². The minimum absolute atomic E-state index is 0.149. The Morgan fingerprint density at radius 1 is 1.42 bits per heavy atom. The molecule has 3 aliphatic rings. The first-order valence-electron chi connectivity index (χ1n) is 8.87. The highest BCUT2D eigenvalue weighted by molar-refractivity contribution is 7.09. The van der Waals surface area contributed by atoms with E-state index < -0.39 is 0 Å². The lowest BCUT2D eigenvalue weighted by atomic mass is 10.00. The summed E-state index contributed by atoms with van der Waals surface area (Å²) in [6.45, 7) is 5.70. The third-order valence-electron chi connectivity index (χ3n) is 5.21. The molecule has 3 fully saturated rings. The Labute approximate surface area is 146 Å². The number of thiazole rings is 1. The zero-order valence-electron chi connectivity index (χ0n) is 14.0. The average Bonchev–Trinajstić information content (AvgIpc) is 3.26. The zero-order valence-corrected chi connectivity index (χ0v) is 14.8. The Bertz CT molecular complexity index is 567. The molecule has 0 bridgehead atoms. The summed E-state index contributed by atoms with van der Waals surface area (Å²) in [6, 6.07) is 0. The second-order valence-corrected chi connectivity index (χ2v) is 8.07. The number of aromatic nitrogens is 1. The summed E-state index contributed by atoms with van der Waals surface area (Å²) in [6.07, 6.45) is 5.71. The quantitative estimate of drug-likeness (QED) is 0.823. The second-order valence-electron chi connectivity index (χ2n) is 7.09. The first kappa shape index (κ1) is 16.4. The molecule has 6 nitrogen and oxygen atoms in total. The Morgan fingerprint density at radius 2 is 2.38 bits per heavy atom. The summed E-state index contributed by atoms with van der Waals surface area (Å²) in [7, 11) is 0. The molecular formula is C17H25N3O3S. The lowest BCUT2D eigenvalue weighted by molar-refractivity contribution is -0.132. The number of ether oxygens (including phenoxy) is 2. The standard InChI is InChI=1S/C17H25N3O3S/c21-16-2-1-6-20(16)10-14-3-4-17(23-14)12-19(7-8-22-13-17)11-15-18-5-9-24-15/h5,9,14H,1-4,6-8,10-13H2/t14-,17-/m1/s1. The lowest BCUT2D eigenvalue weighted by Crippen LogP contribution is -2.45. The number of rotatable bonds is 4. The number of amides is 1. The number of carbonyl (C=O) groups excluding carboxylic acids is 1. The molecule has 2 atom stereocenters. The molecule has 0 unspecified atom stereocenters. The number of likely N-dealkylation sites (tertiary alicyclic amines) is 1. The van der Waals surface area contributed by atoms with E-state index in [1.54, 1.807) is 11.3 Å². The lowest BCUT2D eigenvalue weighted by Gasteiger charge is -2.32.